The maximum absolute atomic E-state index is 13.8. The molecule has 9 nitrogen and oxygen atoms in total. The summed E-state index contributed by atoms with van der Waals surface area (Å²) in [5, 5.41) is 0. The molecular weight excluding hydrogens is 797 g/mol. The van der Waals surface area contributed by atoms with E-state index in [0.29, 0.717) is 11.1 Å². The lowest BCUT2D eigenvalue weighted by Crippen LogP contribution is -2.88. The average Bonchev–Trinajstić information content (AvgIpc) is 2.76. The van der Waals surface area contributed by atoms with Gasteiger partial charge in [-0.2, -0.15) is 0 Å². The Morgan fingerprint density at radius 3 is 1.14 bits per heavy atom. The third-order valence-electron chi connectivity index (χ3n) is 7.63. The van der Waals surface area contributed by atoms with Gasteiger partial charge < -0.3 is 30.0 Å². The van der Waals surface area contributed by atoms with Gasteiger partial charge in [0, 0.05) is 17.6 Å². The number of esters is 2. The Kier molecular flexibility index (Phi) is 17.6. The van der Waals surface area contributed by atoms with Gasteiger partial charge in [-0.1, -0.05) is 13.2 Å². The highest BCUT2D eigenvalue weighted by Crippen LogP contribution is 2.43. The van der Waals surface area contributed by atoms with Gasteiger partial charge in [-0.15, -0.1) is 0 Å². The molecule has 50 heavy (non-hydrogen) atoms. The van der Waals surface area contributed by atoms with Crippen molar-refractivity contribution in [2.75, 3.05) is 6.61 Å². The smallest absolute Gasteiger partial charge is 0.333 e. The van der Waals surface area contributed by atoms with E-state index in [1.807, 2.05) is 0 Å². The normalized spacial score (nSPS) is 15.2. The molecule has 0 heterocycles. The molecule has 294 valence electrons. The fourth-order valence-electron chi connectivity index (χ4n) is 7.49. The van der Waals surface area contributed by atoms with Crippen LogP contribution in [0.25, 0.3) is 0 Å². The molecule has 1 atom stereocenters. The van der Waals surface area contributed by atoms with Crippen LogP contribution in [0.3, 0.4) is 0 Å². The minimum Gasteiger partial charge on any atom is -0.462 e. The molecule has 0 aromatic heterocycles. The number of hydrogen-bond acceptors (Lipinski definition) is 9. The van der Waals surface area contributed by atoms with Crippen molar-refractivity contribution in [3.8, 4) is 0 Å². The predicted octanol–water partition coefficient (Wildman–Crippen LogP) is 8.75. The van der Waals surface area contributed by atoms with Crippen LogP contribution in [0.5, 0.6) is 0 Å². The first kappa shape index (κ1) is 50.4. The van der Waals surface area contributed by atoms with Crippen LogP contribution >= 0.6 is 0 Å². The van der Waals surface area contributed by atoms with E-state index in [4.69, 9.17) is 30.0 Å². The number of rotatable bonds is 21. The van der Waals surface area contributed by atoms with Gasteiger partial charge in [0.2, 0.25) is 0 Å². The molecule has 0 radical (unpaired) electrons. The second-order valence-corrected chi connectivity index (χ2v) is 82.5. The van der Waals surface area contributed by atoms with Gasteiger partial charge in [0.15, 0.2) is 72.7 Å². The van der Waals surface area contributed by atoms with Crippen molar-refractivity contribution in [2.45, 2.75) is 157 Å². The first-order chi connectivity index (χ1) is 21.7. The molecule has 0 N–H and O–H groups in total. The van der Waals surface area contributed by atoms with E-state index < -0.39 is 97.7 Å². The van der Waals surface area contributed by atoms with Crippen LogP contribution in [0.2, 0.25) is 131 Å². The summed E-state index contributed by atoms with van der Waals surface area (Å²) in [6.45, 7) is 56.3. The largest absolute Gasteiger partial charge is 0.462 e. The van der Waals surface area contributed by atoms with Crippen LogP contribution < -0.4 is 0 Å². The van der Waals surface area contributed by atoms with Gasteiger partial charge in [-0.05, 0) is 145 Å². The SMILES string of the molecule is C=C(C)C(=O)OCCC(OC(=O)C(=C)C)[Si](O[SiH]([Si](C)(C)O[Si](C)(C)C)[Si](C)(C)O[Si](C)(C)C)([Si](C)(C)O[Si](C)(C)C)[Si](C)(C)O[Si](C)(C)C. The zero-order valence-corrected chi connectivity index (χ0v) is 46.3. The van der Waals surface area contributed by atoms with Crippen LogP contribution in [0, 0.1) is 0 Å². The van der Waals surface area contributed by atoms with Crippen molar-refractivity contribution >= 4 is 92.0 Å². The van der Waals surface area contributed by atoms with E-state index in [9.17, 15) is 9.59 Å². The van der Waals surface area contributed by atoms with E-state index in [2.05, 4.69) is 144 Å². The minimum atomic E-state index is -3.53. The van der Waals surface area contributed by atoms with E-state index in [0.717, 1.165) is 0 Å². The standard InChI is InChI=1S/C31H76O9Si10/c1-27(2)30(32)34-26-25-29(35-31(33)28(3)4)50(48(21,22)39-44(11,12)13,49(23,24)40-45(14,15)16)36-41(46(17,18)37-42(5,6)7)47(19,20)38-43(8,9)10/h29,41H,1,3,25-26H2,2,4-24H3. The molecule has 0 spiro atoms. The molecule has 0 saturated carbocycles. The van der Waals surface area contributed by atoms with Crippen LogP contribution in [0.4, 0.5) is 0 Å². The molecule has 0 aromatic carbocycles. The van der Waals surface area contributed by atoms with Crippen molar-refractivity contribution in [1.29, 1.82) is 0 Å². The fraction of sp³-hybridized carbons (Fsp3) is 0.806. The fourth-order valence-corrected chi connectivity index (χ4v) is 132. The maximum Gasteiger partial charge on any atom is 0.333 e. The summed E-state index contributed by atoms with van der Waals surface area (Å²) in [6.07, 6.45) is 0.260. The van der Waals surface area contributed by atoms with E-state index in [1.54, 1.807) is 13.8 Å². The Morgan fingerprint density at radius 2 is 0.860 bits per heavy atom. The minimum absolute atomic E-state index is 0.0392. The monoisotopic (exact) mass is 872 g/mol. The second kappa shape index (κ2) is 17.5. The third kappa shape index (κ3) is 15.6. The van der Waals surface area contributed by atoms with Crippen molar-refractivity contribution in [2.24, 2.45) is 0 Å². The molecule has 0 aliphatic carbocycles. The van der Waals surface area contributed by atoms with Crippen LogP contribution in [-0.4, -0.2) is 104 Å². The number of carbonyl (C=O) groups excluding carboxylic acids is 2. The van der Waals surface area contributed by atoms with Gasteiger partial charge >= 0.3 is 11.9 Å². The quantitative estimate of drug-likeness (QED) is 0.0638. The summed E-state index contributed by atoms with van der Waals surface area (Å²) >= 11 is 0. The summed E-state index contributed by atoms with van der Waals surface area (Å²) in [4.78, 5) is 26.5. The molecular formula is C31H76O9Si10. The third-order valence-corrected chi connectivity index (χ3v) is 87.4. The Morgan fingerprint density at radius 1 is 0.540 bits per heavy atom. The molecule has 19 heteroatoms. The molecule has 0 fully saturated rings. The topological polar surface area (TPSA) is 98.8 Å². The van der Waals surface area contributed by atoms with Crippen molar-refractivity contribution < 1.29 is 39.6 Å². The summed E-state index contributed by atoms with van der Waals surface area (Å²) in [5.74, 6) is -0.963. The molecule has 0 aromatic rings. The number of hydrogen-bond donors (Lipinski definition) is 0. The molecule has 0 saturated heterocycles. The van der Waals surface area contributed by atoms with Gasteiger partial charge in [-0.25, -0.2) is 9.59 Å². The summed E-state index contributed by atoms with van der Waals surface area (Å²) in [7, 11) is -25.6. The highest BCUT2D eigenvalue weighted by atomic mass is 29.7. The van der Waals surface area contributed by atoms with Crippen molar-refractivity contribution in [3.63, 3.8) is 0 Å². The molecule has 0 amide bonds. The van der Waals surface area contributed by atoms with E-state index >= 15 is 0 Å². The zero-order chi connectivity index (χ0) is 40.3. The second-order valence-electron chi connectivity index (χ2n) is 19.7. The first-order valence-corrected chi connectivity index (χ1v) is 51.2. The molecule has 0 aliphatic rings. The van der Waals surface area contributed by atoms with Gasteiger partial charge in [0.25, 0.3) is 7.35 Å². The lowest BCUT2D eigenvalue weighted by Gasteiger charge is -2.59. The summed E-state index contributed by atoms with van der Waals surface area (Å²) in [6, 6.07) is 0. The Balaban J connectivity index is 8.61. The lowest BCUT2D eigenvalue weighted by molar-refractivity contribution is -0.143. The van der Waals surface area contributed by atoms with Gasteiger partial charge in [0.05, 0.1) is 6.61 Å². The molecule has 0 rings (SSSR count). The van der Waals surface area contributed by atoms with Crippen molar-refractivity contribution in [1.82, 2.24) is 0 Å². The average molecular weight is 874 g/mol. The van der Waals surface area contributed by atoms with Crippen LogP contribution in [0.1, 0.15) is 20.3 Å². The Bertz CT molecular complexity index is 1160. The molecule has 0 aliphatic heterocycles. The van der Waals surface area contributed by atoms with Crippen LogP contribution in [0.15, 0.2) is 24.3 Å². The van der Waals surface area contributed by atoms with E-state index in [-0.39, 0.29) is 13.0 Å². The molecule has 1 unspecified atom stereocenters. The summed E-state index contributed by atoms with van der Waals surface area (Å²) < 4.78 is 50.2. The highest BCUT2D eigenvalue weighted by molar-refractivity contribution is 7.69. The predicted molar refractivity (Wildman–Crippen MR) is 237 cm³/mol. The highest BCUT2D eigenvalue weighted by Gasteiger charge is 2.73. The van der Waals surface area contributed by atoms with Gasteiger partial charge in [0.1, 0.15) is 5.73 Å². The van der Waals surface area contributed by atoms with Gasteiger partial charge in [-0.3, -0.25) is 0 Å². The Labute approximate surface area is 317 Å². The van der Waals surface area contributed by atoms with Crippen LogP contribution in [-0.2, 0) is 39.6 Å². The number of carbonyl (C=O) groups is 2. The summed E-state index contributed by atoms with van der Waals surface area (Å²) in [5.41, 5.74) is -0.104. The molecule has 0 bridgehead atoms. The lowest BCUT2D eigenvalue weighted by atomic mass is 10.3. The zero-order valence-electron chi connectivity index (χ0n) is 36.2. The first-order valence-electron chi connectivity index (χ1n) is 17.9. The maximum atomic E-state index is 13.8. The number of ether oxygens (including phenoxy) is 2. The Hall–Kier alpha value is 0.389. The van der Waals surface area contributed by atoms with E-state index in [1.165, 1.54) is 0 Å². The van der Waals surface area contributed by atoms with Crippen molar-refractivity contribution in [3.05, 3.63) is 24.3 Å².